The molecule has 0 aliphatic heterocycles. The van der Waals surface area contributed by atoms with Gasteiger partial charge in [-0.3, -0.25) is 0 Å². The molecule has 26 heavy (non-hydrogen) atoms. The summed E-state index contributed by atoms with van der Waals surface area (Å²) in [5.74, 6) is 1.07. The number of guanidine groups is 1. The SMILES string of the molecule is CCNC(=NCc1cccc(OC)n1)NCCc1nc(C(F)(F)F)cs1. The van der Waals surface area contributed by atoms with Crippen molar-refractivity contribution in [3.05, 3.63) is 40.0 Å². The molecule has 142 valence electrons. The molecule has 2 heterocycles. The summed E-state index contributed by atoms with van der Waals surface area (Å²) in [6, 6.07) is 5.42. The van der Waals surface area contributed by atoms with Crippen LogP contribution >= 0.6 is 11.3 Å². The molecule has 0 unspecified atom stereocenters. The molecule has 0 atom stereocenters. The fourth-order valence-corrected chi connectivity index (χ4v) is 2.81. The number of rotatable bonds is 7. The lowest BCUT2D eigenvalue weighted by atomic mass is 10.3. The topological polar surface area (TPSA) is 71.4 Å². The van der Waals surface area contributed by atoms with Gasteiger partial charge in [0.1, 0.15) is 0 Å². The predicted octanol–water partition coefficient (Wildman–Crippen LogP) is 2.86. The average Bonchev–Trinajstić information content (AvgIpc) is 3.09. The minimum Gasteiger partial charge on any atom is -0.481 e. The van der Waals surface area contributed by atoms with E-state index in [1.807, 2.05) is 19.1 Å². The molecule has 2 aromatic rings. The van der Waals surface area contributed by atoms with Crippen molar-refractivity contribution in [2.75, 3.05) is 20.2 Å². The zero-order chi connectivity index (χ0) is 19.0. The first kappa shape index (κ1) is 20.0. The third-order valence-corrected chi connectivity index (χ3v) is 4.12. The second-order valence-electron chi connectivity index (χ2n) is 5.17. The van der Waals surface area contributed by atoms with E-state index in [1.54, 1.807) is 13.2 Å². The smallest absolute Gasteiger partial charge is 0.434 e. The average molecular weight is 387 g/mol. The van der Waals surface area contributed by atoms with Crippen LogP contribution in [0.5, 0.6) is 5.88 Å². The van der Waals surface area contributed by atoms with Gasteiger partial charge in [0.05, 0.1) is 24.4 Å². The lowest BCUT2D eigenvalue weighted by Crippen LogP contribution is -2.38. The van der Waals surface area contributed by atoms with Gasteiger partial charge >= 0.3 is 6.18 Å². The van der Waals surface area contributed by atoms with Crippen molar-refractivity contribution in [1.82, 2.24) is 20.6 Å². The number of hydrogen-bond donors (Lipinski definition) is 2. The van der Waals surface area contributed by atoms with Crippen LogP contribution in [0.15, 0.2) is 28.6 Å². The quantitative estimate of drug-likeness (QED) is 0.565. The Labute approximate surface area is 153 Å². The summed E-state index contributed by atoms with van der Waals surface area (Å²) in [4.78, 5) is 12.3. The van der Waals surface area contributed by atoms with E-state index in [1.165, 1.54) is 0 Å². The van der Waals surface area contributed by atoms with E-state index < -0.39 is 11.9 Å². The second-order valence-corrected chi connectivity index (χ2v) is 6.11. The van der Waals surface area contributed by atoms with E-state index >= 15 is 0 Å². The third-order valence-electron chi connectivity index (χ3n) is 3.21. The molecule has 0 aliphatic carbocycles. The van der Waals surface area contributed by atoms with Crippen LogP contribution in [0.1, 0.15) is 23.3 Å². The molecule has 0 saturated heterocycles. The van der Waals surface area contributed by atoms with Crippen LogP contribution in [-0.4, -0.2) is 36.1 Å². The van der Waals surface area contributed by atoms with Crippen LogP contribution in [0.2, 0.25) is 0 Å². The van der Waals surface area contributed by atoms with E-state index in [9.17, 15) is 13.2 Å². The molecular weight excluding hydrogens is 367 g/mol. The minimum atomic E-state index is -4.40. The molecule has 0 fully saturated rings. The normalized spacial score (nSPS) is 12.1. The Morgan fingerprint density at radius 2 is 2.08 bits per heavy atom. The number of pyridine rings is 1. The first-order valence-corrected chi connectivity index (χ1v) is 8.84. The van der Waals surface area contributed by atoms with Gasteiger partial charge in [-0.15, -0.1) is 11.3 Å². The molecule has 2 aromatic heterocycles. The van der Waals surface area contributed by atoms with Crippen molar-refractivity contribution >= 4 is 17.3 Å². The molecule has 0 amide bonds. The predicted molar refractivity (Wildman–Crippen MR) is 94.4 cm³/mol. The molecule has 10 heteroatoms. The Bertz CT molecular complexity index is 733. The lowest BCUT2D eigenvalue weighted by molar-refractivity contribution is -0.140. The maximum Gasteiger partial charge on any atom is 0.434 e. The Morgan fingerprint density at radius 1 is 1.27 bits per heavy atom. The number of nitrogens with one attached hydrogen (secondary N) is 2. The zero-order valence-electron chi connectivity index (χ0n) is 14.4. The van der Waals surface area contributed by atoms with Crippen molar-refractivity contribution in [3.8, 4) is 5.88 Å². The summed E-state index contributed by atoms with van der Waals surface area (Å²) in [7, 11) is 1.55. The number of methoxy groups -OCH3 is 1. The van der Waals surface area contributed by atoms with Crippen LogP contribution in [-0.2, 0) is 19.1 Å². The first-order valence-electron chi connectivity index (χ1n) is 7.96. The Hall–Kier alpha value is -2.36. The van der Waals surface area contributed by atoms with Gasteiger partial charge < -0.3 is 15.4 Å². The molecule has 6 nitrogen and oxygen atoms in total. The van der Waals surface area contributed by atoms with E-state index in [2.05, 4.69) is 25.6 Å². The number of nitrogens with zero attached hydrogens (tertiary/aromatic N) is 3. The highest BCUT2D eigenvalue weighted by molar-refractivity contribution is 7.09. The number of thiazole rings is 1. The summed E-state index contributed by atoms with van der Waals surface area (Å²) in [6.45, 7) is 3.36. The van der Waals surface area contributed by atoms with Crippen LogP contribution in [0, 0.1) is 0 Å². The fourth-order valence-electron chi connectivity index (χ4n) is 2.00. The Kier molecular flexibility index (Phi) is 7.19. The highest BCUT2D eigenvalue weighted by atomic mass is 32.1. The van der Waals surface area contributed by atoms with Gasteiger partial charge in [0, 0.05) is 31.0 Å². The largest absolute Gasteiger partial charge is 0.481 e. The lowest BCUT2D eigenvalue weighted by Gasteiger charge is -2.10. The summed E-state index contributed by atoms with van der Waals surface area (Å²) < 4.78 is 42.7. The highest BCUT2D eigenvalue weighted by Crippen LogP contribution is 2.29. The van der Waals surface area contributed by atoms with Crippen molar-refractivity contribution in [1.29, 1.82) is 0 Å². The van der Waals surface area contributed by atoms with E-state index in [0.717, 1.165) is 22.4 Å². The maximum atomic E-state index is 12.6. The summed E-state index contributed by atoms with van der Waals surface area (Å²) in [6.07, 6.45) is -4.02. The highest BCUT2D eigenvalue weighted by Gasteiger charge is 2.33. The first-order chi connectivity index (χ1) is 12.4. The molecule has 0 aliphatic rings. The molecule has 2 N–H and O–H groups in total. The van der Waals surface area contributed by atoms with Gasteiger partial charge in [-0.1, -0.05) is 6.07 Å². The molecule has 0 aromatic carbocycles. The van der Waals surface area contributed by atoms with E-state index in [0.29, 0.717) is 42.9 Å². The number of hydrogen-bond acceptors (Lipinski definition) is 5. The monoisotopic (exact) mass is 387 g/mol. The number of aliphatic imine (C=N–C) groups is 1. The van der Waals surface area contributed by atoms with Crippen molar-refractivity contribution in [3.63, 3.8) is 0 Å². The van der Waals surface area contributed by atoms with Gasteiger partial charge in [-0.25, -0.2) is 15.0 Å². The summed E-state index contributed by atoms with van der Waals surface area (Å²) >= 11 is 1.00. The zero-order valence-corrected chi connectivity index (χ0v) is 15.2. The van der Waals surface area contributed by atoms with Gasteiger partial charge in [0.2, 0.25) is 5.88 Å². The number of ether oxygens (including phenoxy) is 1. The Morgan fingerprint density at radius 3 is 2.73 bits per heavy atom. The number of aromatic nitrogens is 2. The molecular formula is C16H20F3N5OS. The van der Waals surface area contributed by atoms with Crippen LogP contribution in [0.3, 0.4) is 0 Å². The fraction of sp³-hybridized carbons (Fsp3) is 0.438. The second kappa shape index (κ2) is 9.37. The van der Waals surface area contributed by atoms with Crippen molar-refractivity contribution in [2.45, 2.75) is 26.1 Å². The van der Waals surface area contributed by atoms with Crippen LogP contribution in [0.25, 0.3) is 0 Å². The minimum absolute atomic E-state index is 0.349. The van der Waals surface area contributed by atoms with Crippen molar-refractivity contribution in [2.24, 2.45) is 4.99 Å². The Balaban J connectivity index is 1.90. The van der Waals surface area contributed by atoms with Gasteiger partial charge in [0.15, 0.2) is 11.7 Å². The third kappa shape index (κ3) is 6.17. The van der Waals surface area contributed by atoms with Gasteiger partial charge in [-0.2, -0.15) is 13.2 Å². The van der Waals surface area contributed by atoms with Crippen LogP contribution in [0.4, 0.5) is 13.2 Å². The molecule has 0 saturated carbocycles. The maximum absolute atomic E-state index is 12.6. The summed E-state index contributed by atoms with van der Waals surface area (Å²) in [5.41, 5.74) is -0.0986. The van der Waals surface area contributed by atoms with E-state index in [-0.39, 0.29) is 0 Å². The van der Waals surface area contributed by atoms with Crippen molar-refractivity contribution < 1.29 is 17.9 Å². The van der Waals surface area contributed by atoms with Gasteiger partial charge in [0.25, 0.3) is 0 Å². The number of alkyl halides is 3. The van der Waals surface area contributed by atoms with Gasteiger partial charge in [-0.05, 0) is 13.0 Å². The number of halogens is 3. The van der Waals surface area contributed by atoms with Crippen LogP contribution < -0.4 is 15.4 Å². The van der Waals surface area contributed by atoms with E-state index in [4.69, 9.17) is 4.74 Å². The summed E-state index contributed by atoms with van der Waals surface area (Å²) in [5, 5.41) is 7.62. The molecule has 0 radical (unpaired) electrons. The molecule has 0 bridgehead atoms. The standard InChI is InChI=1S/C16H20F3N5OS/c1-3-20-15(22-9-11-5-4-6-13(23-11)25-2)21-8-7-14-24-12(10-26-14)16(17,18)19/h4-6,10H,3,7-9H2,1-2H3,(H2,20,21,22). The molecule has 2 rings (SSSR count). The molecule has 0 spiro atoms.